The van der Waals surface area contributed by atoms with Gasteiger partial charge in [-0.15, -0.1) is 0 Å². The van der Waals surface area contributed by atoms with Gasteiger partial charge in [0, 0.05) is 28.8 Å². The highest BCUT2D eigenvalue weighted by Crippen LogP contribution is 2.24. The van der Waals surface area contributed by atoms with E-state index in [1.807, 2.05) is 18.2 Å². The summed E-state index contributed by atoms with van der Waals surface area (Å²) in [6, 6.07) is 5.90. The largest absolute Gasteiger partial charge is 0.372 e. The Morgan fingerprint density at radius 3 is 2.59 bits per heavy atom. The molecule has 1 unspecified atom stereocenters. The van der Waals surface area contributed by atoms with Crippen molar-refractivity contribution in [1.82, 2.24) is 0 Å². The number of hydrogen-bond donors (Lipinski definition) is 0. The Morgan fingerprint density at radius 1 is 1.41 bits per heavy atom. The molecule has 17 heavy (non-hydrogen) atoms. The van der Waals surface area contributed by atoms with Crippen molar-refractivity contribution in [1.29, 1.82) is 0 Å². The second kappa shape index (κ2) is 6.80. The predicted octanol–water partition coefficient (Wildman–Crippen LogP) is 4.13. The first-order chi connectivity index (χ1) is 8.12. The van der Waals surface area contributed by atoms with E-state index in [1.54, 1.807) is 0 Å². The lowest BCUT2D eigenvalue weighted by Gasteiger charge is -2.26. The third-order valence-electron chi connectivity index (χ3n) is 3.09. The molecule has 0 aliphatic heterocycles. The molecule has 94 valence electrons. The molecule has 0 spiro atoms. The Balaban J connectivity index is 2.88. The summed E-state index contributed by atoms with van der Waals surface area (Å²) in [4.78, 5) is 13.1. The molecular formula is C14H20BrNO. The molecule has 0 fully saturated rings. The first kappa shape index (κ1) is 14.2. The molecule has 0 N–H and O–H groups in total. The Bertz CT molecular complexity index is 378. The van der Waals surface area contributed by atoms with Crippen molar-refractivity contribution in [2.24, 2.45) is 5.92 Å². The summed E-state index contributed by atoms with van der Waals surface area (Å²) < 4.78 is 0.868. The van der Waals surface area contributed by atoms with Gasteiger partial charge in [0.15, 0.2) is 6.29 Å². The fourth-order valence-electron chi connectivity index (χ4n) is 1.73. The van der Waals surface area contributed by atoms with E-state index in [4.69, 9.17) is 0 Å². The highest BCUT2D eigenvalue weighted by atomic mass is 79.9. The maximum absolute atomic E-state index is 10.8. The quantitative estimate of drug-likeness (QED) is 0.736. The number of halogens is 1. The molecule has 0 aliphatic carbocycles. The average Bonchev–Trinajstić information content (AvgIpc) is 2.35. The van der Waals surface area contributed by atoms with Crippen molar-refractivity contribution in [2.45, 2.75) is 27.2 Å². The molecule has 1 rings (SSSR count). The van der Waals surface area contributed by atoms with Gasteiger partial charge >= 0.3 is 0 Å². The number of aldehydes is 1. The number of benzene rings is 1. The van der Waals surface area contributed by atoms with Gasteiger partial charge in [-0.25, -0.2) is 0 Å². The second-order valence-corrected chi connectivity index (χ2v) is 5.23. The molecule has 2 nitrogen and oxygen atoms in total. The lowest BCUT2D eigenvalue weighted by Crippen LogP contribution is -2.28. The minimum Gasteiger partial charge on any atom is -0.372 e. The number of rotatable bonds is 6. The van der Waals surface area contributed by atoms with Crippen LogP contribution in [0.5, 0.6) is 0 Å². The van der Waals surface area contributed by atoms with Gasteiger partial charge < -0.3 is 4.90 Å². The first-order valence-corrected chi connectivity index (χ1v) is 6.91. The zero-order valence-corrected chi connectivity index (χ0v) is 12.3. The van der Waals surface area contributed by atoms with Crippen LogP contribution < -0.4 is 4.90 Å². The van der Waals surface area contributed by atoms with E-state index in [2.05, 4.69) is 41.6 Å². The van der Waals surface area contributed by atoms with Crippen LogP contribution in [-0.4, -0.2) is 19.4 Å². The molecule has 0 heterocycles. The van der Waals surface area contributed by atoms with Gasteiger partial charge in [-0.05, 0) is 47.0 Å². The first-order valence-electron chi connectivity index (χ1n) is 6.12. The average molecular weight is 298 g/mol. The SMILES string of the molecule is CCC(C)CN(CC)c1ccc(C=O)c(Br)c1. The Morgan fingerprint density at radius 2 is 2.12 bits per heavy atom. The van der Waals surface area contributed by atoms with E-state index >= 15 is 0 Å². The number of carbonyl (C=O) groups excluding carboxylic acids is 1. The summed E-state index contributed by atoms with van der Waals surface area (Å²) >= 11 is 3.43. The lowest BCUT2D eigenvalue weighted by atomic mass is 10.1. The zero-order chi connectivity index (χ0) is 12.8. The third-order valence-corrected chi connectivity index (χ3v) is 3.77. The van der Waals surface area contributed by atoms with Crippen molar-refractivity contribution < 1.29 is 4.79 Å². The van der Waals surface area contributed by atoms with E-state index in [-0.39, 0.29) is 0 Å². The van der Waals surface area contributed by atoms with Crippen LogP contribution in [0, 0.1) is 5.92 Å². The maximum Gasteiger partial charge on any atom is 0.151 e. The van der Waals surface area contributed by atoms with Crippen molar-refractivity contribution in [2.75, 3.05) is 18.0 Å². The molecule has 0 bridgehead atoms. The molecular weight excluding hydrogens is 278 g/mol. The second-order valence-electron chi connectivity index (χ2n) is 4.38. The molecule has 0 saturated heterocycles. The van der Waals surface area contributed by atoms with Gasteiger partial charge in [-0.3, -0.25) is 4.79 Å². The molecule has 3 heteroatoms. The Labute approximate surface area is 112 Å². The molecule has 0 radical (unpaired) electrons. The van der Waals surface area contributed by atoms with Gasteiger partial charge in [0.2, 0.25) is 0 Å². The third kappa shape index (κ3) is 3.84. The molecule has 1 aromatic rings. The Kier molecular flexibility index (Phi) is 5.69. The standard InChI is InChI=1S/C14H20BrNO/c1-4-11(3)9-16(5-2)13-7-6-12(10-17)14(15)8-13/h6-8,10-11H,4-5,9H2,1-3H3. The van der Waals surface area contributed by atoms with Crippen LogP contribution in [0.15, 0.2) is 22.7 Å². The normalized spacial score (nSPS) is 12.2. The van der Waals surface area contributed by atoms with Crippen molar-refractivity contribution >= 4 is 27.9 Å². The highest BCUT2D eigenvalue weighted by molar-refractivity contribution is 9.10. The van der Waals surface area contributed by atoms with Crippen LogP contribution in [-0.2, 0) is 0 Å². The fraction of sp³-hybridized carbons (Fsp3) is 0.500. The Hall–Kier alpha value is -0.830. The van der Waals surface area contributed by atoms with E-state index in [9.17, 15) is 4.79 Å². The number of hydrogen-bond acceptors (Lipinski definition) is 2. The zero-order valence-electron chi connectivity index (χ0n) is 10.7. The molecule has 0 saturated carbocycles. The molecule has 0 amide bonds. The predicted molar refractivity (Wildman–Crippen MR) is 76.9 cm³/mol. The maximum atomic E-state index is 10.8. The van der Waals surface area contributed by atoms with Crippen molar-refractivity contribution in [3.8, 4) is 0 Å². The summed E-state index contributed by atoms with van der Waals surface area (Å²) in [5, 5.41) is 0. The molecule has 1 aromatic carbocycles. The monoisotopic (exact) mass is 297 g/mol. The smallest absolute Gasteiger partial charge is 0.151 e. The van der Waals surface area contributed by atoms with Gasteiger partial charge in [0.05, 0.1) is 0 Å². The van der Waals surface area contributed by atoms with Crippen LogP contribution in [0.4, 0.5) is 5.69 Å². The summed E-state index contributed by atoms with van der Waals surface area (Å²) in [5.41, 5.74) is 1.87. The van der Waals surface area contributed by atoms with Gasteiger partial charge in [0.25, 0.3) is 0 Å². The van der Waals surface area contributed by atoms with E-state index in [0.29, 0.717) is 11.5 Å². The molecule has 0 aromatic heterocycles. The van der Waals surface area contributed by atoms with Crippen LogP contribution in [0.25, 0.3) is 0 Å². The van der Waals surface area contributed by atoms with Crippen LogP contribution >= 0.6 is 15.9 Å². The number of anilines is 1. The van der Waals surface area contributed by atoms with E-state index < -0.39 is 0 Å². The summed E-state index contributed by atoms with van der Waals surface area (Å²) in [7, 11) is 0. The minimum absolute atomic E-state index is 0.680. The van der Waals surface area contributed by atoms with Crippen molar-refractivity contribution in [3.05, 3.63) is 28.2 Å². The summed E-state index contributed by atoms with van der Waals surface area (Å²) in [5.74, 6) is 0.680. The molecule has 0 aliphatic rings. The fourth-order valence-corrected chi connectivity index (χ4v) is 2.19. The number of nitrogens with zero attached hydrogens (tertiary/aromatic N) is 1. The highest BCUT2D eigenvalue weighted by Gasteiger charge is 2.09. The van der Waals surface area contributed by atoms with Gasteiger partial charge in [0.1, 0.15) is 0 Å². The topological polar surface area (TPSA) is 20.3 Å². The summed E-state index contributed by atoms with van der Waals surface area (Å²) in [6.45, 7) is 8.67. The van der Waals surface area contributed by atoms with Gasteiger partial charge in [-0.2, -0.15) is 0 Å². The van der Waals surface area contributed by atoms with Crippen molar-refractivity contribution in [3.63, 3.8) is 0 Å². The van der Waals surface area contributed by atoms with Gasteiger partial charge in [-0.1, -0.05) is 20.3 Å². The van der Waals surface area contributed by atoms with E-state index in [0.717, 1.165) is 23.8 Å². The van der Waals surface area contributed by atoms with Crippen LogP contribution in [0.2, 0.25) is 0 Å². The summed E-state index contributed by atoms with van der Waals surface area (Å²) in [6.07, 6.45) is 2.06. The van der Waals surface area contributed by atoms with Crippen LogP contribution in [0.1, 0.15) is 37.6 Å². The number of carbonyl (C=O) groups is 1. The minimum atomic E-state index is 0.680. The van der Waals surface area contributed by atoms with Crippen LogP contribution in [0.3, 0.4) is 0 Å². The van der Waals surface area contributed by atoms with E-state index in [1.165, 1.54) is 12.1 Å². The molecule has 1 atom stereocenters. The lowest BCUT2D eigenvalue weighted by molar-refractivity contribution is 0.112.